The quantitative estimate of drug-likeness (QED) is 0.170. The molecule has 0 radical (unpaired) electrons. The van der Waals surface area contributed by atoms with E-state index in [0.717, 1.165) is 0 Å². The third kappa shape index (κ3) is 180. The molecule has 0 aliphatic carbocycles. The summed E-state index contributed by atoms with van der Waals surface area (Å²) in [5.41, 5.74) is 0. The van der Waals surface area contributed by atoms with Gasteiger partial charge in [-0.05, 0) is 0 Å². The van der Waals surface area contributed by atoms with Gasteiger partial charge in [-0.15, -0.1) is 0 Å². The Kier molecular flexibility index (Phi) is 22.5. The number of carbonyl (C=O) groups is 2. The van der Waals surface area contributed by atoms with Crippen molar-refractivity contribution >= 4 is 48.1 Å². The molecule has 0 aromatic heterocycles. The van der Waals surface area contributed by atoms with Gasteiger partial charge in [0.05, 0.1) is 0 Å². The van der Waals surface area contributed by atoms with Crippen LogP contribution in [0.3, 0.4) is 0 Å². The molecule has 1 aliphatic rings. The molecule has 0 bridgehead atoms. The Balaban J connectivity index is -0.0000000965. The Morgan fingerprint density at radius 3 is 0.545 bits per heavy atom. The number of imide groups is 1. The first-order valence-electron chi connectivity index (χ1n) is 6.65. The zero-order valence-corrected chi connectivity index (χ0v) is 18.8. The number of hydrogen-bond acceptors (Lipinski definition) is 2. The summed E-state index contributed by atoms with van der Waals surface area (Å²) in [7, 11) is -30.0. The van der Waals surface area contributed by atoms with Gasteiger partial charge in [0.2, 0.25) is 0 Å². The van der Waals surface area contributed by atoms with Gasteiger partial charge in [-0.2, -0.15) is 0 Å². The zero-order valence-electron chi connectivity index (χ0n) is 14.6. The first-order chi connectivity index (χ1) is 13.7. The predicted molar refractivity (Wildman–Crippen MR) is 72.0 cm³/mol. The Morgan fingerprint density at radius 2 is 0.515 bits per heavy atom. The van der Waals surface area contributed by atoms with E-state index in [0.29, 0.717) is 42.6 Å². The first kappa shape index (κ1) is 42.3. The minimum atomic E-state index is -6.00. The average molecular weight is 770 g/mol. The van der Waals surface area contributed by atoms with Crippen molar-refractivity contribution in [3.63, 3.8) is 0 Å². The van der Waals surface area contributed by atoms with E-state index in [4.69, 9.17) is 0 Å². The van der Waals surface area contributed by atoms with E-state index in [-0.39, 0.29) is 11.8 Å². The van der Waals surface area contributed by atoms with Crippen LogP contribution in [-0.2, 0) is 9.59 Å². The van der Waals surface area contributed by atoms with Crippen LogP contribution in [0.15, 0.2) is 0 Å². The molecule has 196 valence electrons. The average Bonchev–Trinajstić information content (AvgIpc) is 2.59. The zero-order chi connectivity index (χ0) is 28.6. The Labute approximate surface area is 189 Å². The van der Waals surface area contributed by atoms with Gasteiger partial charge in [0, 0.05) is 0 Å². The predicted octanol–water partition coefficient (Wildman–Crippen LogP) is 6.10. The molecule has 0 aromatic rings. The topological polar surface area (TPSA) is 37.4 Å². The molecular weight excluding hydrogens is 766 g/mol. The summed E-state index contributed by atoms with van der Waals surface area (Å²) in [5.74, 6) is 0.0293. The van der Waals surface area contributed by atoms with Crippen LogP contribution in [-0.4, -0.2) is 50.3 Å². The summed E-state index contributed by atoms with van der Waals surface area (Å²) in [5, 5.41) is 0. The van der Waals surface area contributed by atoms with E-state index < -0.39 is 36.3 Å². The Morgan fingerprint density at radius 1 is 0.424 bits per heavy atom. The normalized spacial score (nSPS) is 14.1. The molecule has 29 heteroatoms. The molecule has 1 saturated heterocycles. The van der Waals surface area contributed by atoms with Gasteiger partial charge < -0.3 is 86.3 Å². The minimum absolute atomic E-state index is 0.0146. The van der Waals surface area contributed by atoms with Gasteiger partial charge in [-0.25, -0.2) is 0 Å². The molecule has 3 nitrogen and oxygen atoms in total. The second kappa shape index (κ2) is 17.5. The van der Waals surface area contributed by atoms with Crippen molar-refractivity contribution < 1.29 is 126 Å². The van der Waals surface area contributed by atoms with Crippen molar-refractivity contribution in [3.8, 4) is 0 Å². The molecule has 1 rings (SSSR count). The van der Waals surface area contributed by atoms with Crippen LogP contribution in [0.5, 0.6) is 0 Å². The van der Waals surface area contributed by atoms with E-state index in [1.54, 1.807) is 0 Å². The van der Waals surface area contributed by atoms with Crippen molar-refractivity contribution in [3.05, 3.63) is 0 Å². The number of amides is 2. The van der Waals surface area contributed by atoms with Crippen LogP contribution in [0.2, 0.25) is 0 Å². The van der Waals surface area contributed by atoms with E-state index in [9.17, 15) is 95.9 Å². The maximum absolute atomic E-state index is 10.5. The van der Waals surface area contributed by atoms with Gasteiger partial charge in [0.15, 0.2) is 0 Å². The second-order valence-corrected chi connectivity index (χ2v) is 5.96. The second-order valence-electron chi connectivity index (χ2n) is 4.10. The molecule has 0 atom stereocenters. The van der Waals surface area contributed by atoms with Crippen LogP contribution < -0.4 is 0 Å². The summed E-state index contributed by atoms with van der Waals surface area (Å²) in [6.45, 7) is 0. The fourth-order valence-electron chi connectivity index (χ4n) is 0.577. The monoisotopic (exact) mass is 771 g/mol. The Hall–Kier alpha value is -0.883. The summed E-state index contributed by atoms with van der Waals surface area (Å²) in [6, 6.07) is 0. The van der Waals surface area contributed by atoms with Crippen LogP contribution in [0, 0.1) is 29.7 Å². The summed E-state index contributed by atoms with van der Waals surface area (Å²) in [4.78, 5) is 21.1. The molecular formula is C4H4B5F20NO2U. The first-order valence-corrected chi connectivity index (χ1v) is 8.51. The van der Waals surface area contributed by atoms with Crippen LogP contribution in [0.4, 0.5) is 86.3 Å². The Bertz CT molecular complexity index is 409. The molecule has 0 unspecified atom stereocenters. The molecule has 1 heterocycles. The fraction of sp³-hybridized carbons (Fsp3) is 0.500. The van der Waals surface area contributed by atoms with Crippen molar-refractivity contribution in [1.29, 1.82) is 0 Å². The summed E-state index contributed by atoms with van der Waals surface area (Å²) >= 11 is 0.352. The number of carbonyl (C=O) groups excluding carboxylic acids is 2. The van der Waals surface area contributed by atoms with Crippen LogP contribution in [0.1, 0.15) is 12.8 Å². The summed E-state index contributed by atoms with van der Waals surface area (Å²) in [6.07, 6.45) is 0.880. The van der Waals surface area contributed by atoms with Crippen LogP contribution in [0.25, 0.3) is 0 Å². The number of hydrogen-bond donors (Lipinski definition) is 0. The van der Waals surface area contributed by atoms with Crippen molar-refractivity contribution in [2.24, 2.45) is 0 Å². The van der Waals surface area contributed by atoms with Crippen molar-refractivity contribution in [2.75, 3.05) is 0 Å². The van der Waals surface area contributed by atoms with Crippen LogP contribution >= 0.6 is 0 Å². The van der Waals surface area contributed by atoms with Crippen molar-refractivity contribution in [2.45, 2.75) is 12.8 Å². The summed E-state index contributed by atoms with van der Waals surface area (Å²) < 4.78 is 196. The fourth-order valence-corrected chi connectivity index (χ4v) is 1.51. The van der Waals surface area contributed by atoms with E-state index in [2.05, 4.69) is 0 Å². The standard InChI is InChI=1S/C4H5NO2.5BF4.U/c6-3-1-2-4(7)5-3;5*2-1(3,4)5;/h1-2H2,(H,5,6,7);;;;;;/q;5*-1;+6/p-1. The number of nitrogens with zero attached hydrogens (tertiary/aromatic N) is 1. The van der Waals surface area contributed by atoms with Gasteiger partial charge in [0.25, 0.3) is 0 Å². The molecule has 33 heavy (non-hydrogen) atoms. The third-order valence-corrected chi connectivity index (χ3v) is 3.13. The van der Waals surface area contributed by atoms with E-state index in [1.807, 2.05) is 0 Å². The molecule has 1 fully saturated rings. The third-order valence-electron chi connectivity index (χ3n) is 1.05. The maximum atomic E-state index is 10.5. The van der Waals surface area contributed by atoms with E-state index >= 15 is 0 Å². The van der Waals surface area contributed by atoms with Gasteiger partial charge in [0.1, 0.15) is 0 Å². The van der Waals surface area contributed by atoms with E-state index in [1.165, 1.54) is 2.23 Å². The van der Waals surface area contributed by atoms with Gasteiger partial charge in [-0.1, -0.05) is 0 Å². The van der Waals surface area contributed by atoms with Gasteiger partial charge in [-0.3, -0.25) is 0 Å². The molecule has 1 aliphatic heterocycles. The molecule has 2 amide bonds. The molecule has 0 spiro atoms. The SMILES string of the molecule is F[B-](F)(F)F.F[B-](F)(F)F.F[B-](F)(F)F.F[B-](F)(F)F.F[B-](F)(F)F.O=C1CCC(=O)[N]1[U+5]. The van der Waals surface area contributed by atoms with Gasteiger partial charge >= 0.3 is 102 Å². The number of rotatable bonds is 0. The molecule has 0 aromatic carbocycles. The molecule has 0 N–H and O–H groups in total. The number of halogens is 20. The van der Waals surface area contributed by atoms with Crippen molar-refractivity contribution in [1.82, 2.24) is 2.23 Å². The molecule has 0 saturated carbocycles.